The van der Waals surface area contributed by atoms with E-state index in [4.69, 9.17) is 4.74 Å². The summed E-state index contributed by atoms with van der Waals surface area (Å²) in [6.07, 6.45) is 1.94. The number of aryl methyl sites for hydroxylation is 3. The third-order valence-electron chi connectivity index (χ3n) is 4.54. The number of rotatable bonds is 5. The number of anilines is 2. The van der Waals surface area contributed by atoms with Gasteiger partial charge in [-0.25, -0.2) is 19.9 Å². The van der Waals surface area contributed by atoms with Crippen molar-refractivity contribution in [3.05, 3.63) is 35.0 Å². The van der Waals surface area contributed by atoms with Gasteiger partial charge in [-0.2, -0.15) is 0 Å². The molecule has 1 aliphatic heterocycles. The first-order valence-electron chi connectivity index (χ1n) is 9.16. The van der Waals surface area contributed by atoms with Crippen LogP contribution in [0.4, 0.5) is 11.8 Å². The molecule has 3 rings (SSSR count). The second-order valence-electron chi connectivity index (χ2n) is 6.94. The standard InChI is InChI=1S/C19H26N6O2/c1-12-8-13(2)21-19(20-12)24-17-9-16(22-14(3)23-17)15-6-5-7-25(10-15)18(26)11-27-4/h8-9,15H,5-7,10-11H2,1-4H3,(H,20,21,22,23,24)/t15-/m1/s1. The Bertz CT molecular complexity index is 806. The van der Waals surface area contributed by atoms with Gasteiger partial charge in [0.05, 0.1) is 5.69 Å². The third-order valence-corrected chi connectivity index (χ3v) is 4.54. The van der Waals surface area contributed by atoms with E-state index in [1.807, 2.05) is 37.8 Å². The number of hydrogen-bond donors (Lipinski definition) is 1. The summed E-state index contributed by atoms with van der Waals surface area (Å²) in [7, 11) is 1.54. The first-order chi connectivity index (χ1) is 12.9. The van der Waals surface area contributed by atoms with Crippen LogP contribution in [-0.4, -0.2) is 57.5 Å². The Balaban J connectivity index is 1.79. The van der Waals surface area contributed by atoms with Crippen LogP contribution in [0.2, 0.25) is 0 Å². The summed E-state index contributed by atoms with van der Waals surface area (Å²) in [6, 6.07) is 3.86. The number of ether oxygens (including phenoxy) is 1. The summed E-state index contributed by atoms with van der Waals surface area (Å²) in [5, 5.41) is 3.19. The fourth-order valence-corrected chi connectivity index (χ4v) is 3.42. The van der Waals surface area contributed by atoms with Crippen LogP contribution in [0.15, 0.2) is 12.1 Å². The number of nitrogens with one attached hydrogen (secondary N) is 1. The normalized spacial score (nSPS) is 17.0. The maximum atomic E-state index is 12.2. The highest BCUT2D eigenvalue weighted by Gasteiger charge is 2.26. The van der Waals surface area contributed by atoms with Crippen molar-refractivity contribution in [2.75, 3.05) is 32.1 Å². The van der Waals surface area contributed by atoms with E-state index >= 15 is 0 Å². The number of likely N-dealkylation sites (tertiary alicyclic amines) is 1. The molecule has 27 heavy (non-hydrogen) atoms. The first kappa shape index (κ1) is 19.2. The molecule has 0 radical (unpaired) electrons. The highest BCUT2D eigenvalue weighted by molar-refractivity contribution is 5.77. The van der Waals surface area contributed by atoms with Gasteiger partial charge in [0, 0.05) is 43.6 Å². The smallest absolute Gasteiger partial charge is 0.248 e. The molecule has 0 bridgehead atoms. The van der Waals surface area contributed by atoms with Crippen molar-refractivity contribution in [2.24, 2.45) is 0 Å². The molecule has 1 saturated heterocycles. The number of hydrogen-bond acceptors (Lipinski definition) is 7. The molecule has 144 valence electrons. The largest absolute Gasteiger partial charge is 0.375 e. The molecule has 0 spiro atoms. The van der Waals surface area contributed by atoms with Gasteiger partial charge < -0.3 is 15.0 Å². The van der Waals surface area contributed by atoms with E-state index in [1.165, 1.54) is 0 Å². The SMILES string of the molecule is COCC(=O)N1CCC[C@@H](c2cc(Nc3nc(C)cc(C)n3)nc(C)n2)C1. The van der Waals surface area contributed by atoms with Crippen molar-refractivity contribution < 1.29 is 9.53 Å². The zero-order valence-electron chi connectivity index (χ0n) is 16.3. The molecule has 0 saturated carbocycles. The van der Waals surface area contributed by atoms with E-state index < -0.39 is 0 Å². The Morgan fingerprint density at radius 2 is 1.93 bits per heavy atom. The Hall–Kier alpha value is -2.61. The van der Waals surface area contributed by atoms with Crippen LogP contribution < -0.4 is 5.32 Å². The zero-order chi connectivity index (χ0) is 19.4. The van der Waals surface area contributed by atoms with Crippen molar-refractivity contribution in [1.82, 2.24) is 24.8 Å². The topological polar surface area (TPSA) is 93.1 Å². The maximum Gasteiger partial charge on any atom is 0.248 e. The number of amides is 1. The number of nitrogens with zero attached hydrogens (tertiary/aromatic N) is 5. The van der Waals surface area contributed by atoms with Crippen molar-refractivity contribution >= 4 is 17.7 Å². The van der Waals surface area contributed by atoms with Gasteiger partial charge in [0.25, 0.3) is 0 Å². The molecule has 8 nitrogen and oxygen atoms in total. The van der Waals surface area contributed by atoms with Crippen molar-refractivity contribution in [3.63, 3.8) is 0 Å². The molecule has 2 aromatic heterocycles. The molecule has 0 aliphatic carbocycles. The molecular weight excluding hydrogens is 344 g/mol. The Morgan fingerprint density at radius 1 is 1.19 bits per heavy atom. The summed E-state index contributed by atoms with van der Waals surface area (Å²) in [5.41, 5.74) is 2.73. The monoisotopic (exact) mass is 370 g/mol. The van der Waals surface area contributed by atoms with Crippen molar-refractivity contribution in [1.29, 1.82) is 0 Å². The van der Waals surface area contributed by atoms with E-state index in [0.717, 1.165) is 36.5 Å². The molecule has 1 aliphatic rings. The lowest BCUT2D eigenvalue weighted by molar-refractivity contribution is -0.136. The van der Waals surface area contributed by atoms with Gasteiger partial charge in [0.2, 0.25) is 11.9 Å². The van der Waals surface area contributed by atoms with E-state index in [9.17, 15) is 4.79 Å². The highest BCUT2D eigenvalue weighted by Crippen LogP contribution is 2.27. The second kappa shape index (κ2) is 8.39. The molecule has 0 aromatic carbocycles. The molecule has 8 heteroatoms. The zero-order valence-corrected chi connectivity index (χ0v) is 16.3. The van der Waals surface area contributed by atoms with Gasteiger partial charge in [-0.15, -0.1) is 0 Å². The summed E-state index contributed by atoms with van der Waals surface area (Å²) >= 11 is 0. The Morgan fingerprint density at radius 3 is 2.63 bits per heavy atom. The van der Waals surface area contributed by atoms with E-state index in [1.54, 1.807) is 7.11 Å². The summed E-state index contributed by atoms with van der Waals surface area (Å²) in [4.78, 5) is 31.9. The lowest BCUT2D eigenvalue weighted by Gasteiger charge is -2.32. The van der Waals surface area contributed by atoms with Crippen LogP contribution in [0.25, 0.3) is 0 Å². The van der Waals surface area contributed by atoms with Gasteiger partial charge >= 0.3 is 0 Å². The minimum absolute atomic E-state index is 0.0231. The first-order valence-corrected chi connectivity index (χ1v) is 9.16. The summed E-state index contributed by atoms with van der Waals surface area (Å²) < 4.78 is 4.98. The molecule has 1 N–H and O–H groups in total. The number of carbonyl (C=O) groups excluding carboxylic acids is 1. The minimum Gasteiger partial charge on any atom is -0.375 e. The predicted molar refractivity (Wildman–Crippen MR) is 102 cm³/mol. The van der Waals surface area contributed by atoms with Gasteiger partial charge in [-0.05, 0) is 39.7 Å². The van der Waals surface area contributed by atoms with Crippen LogP contribution in [-0.2, 0) is 9.53 Å². The lowest BCUT2D eigenvalue weighted by atomic mass is 9.94. The quantitative estimate of drug-likeness (QED) is 0.863. The van der Waals surface area contributed by atoms with E-state index in [2.05, 4.69) is 25.3 Å². The highest BCUT2D eigenvalue weighted by atomic mass is 16.5. The molecule has 2 aromatic rings. The number of piperidine rings is 1. The Labute approximate surface area is 159 Å². The van der Waals surface area contributed by atoms with Gasteiger partial charge in [-0.1, -0.05) is 0 Å². The van der Waals surface area contributed by atoms with E-state index in [0.29, 0.717) is 24.1 Å². The molecule has 0 unspecified atom stereocenters. The molecule has 1 fully saturated rings. The minimum atomic E-state index is 0.0231. The summed E-state index contributed by atoms with van der Waals surface area (Å²) in [5.74, 6) is 2.08. The third kappa shape index (κ3) is 4.97. The maximum absolute atomic E-state index is 12.2. The molecular formula is C19H26N6O2. The average Bonchev–Trinajstić information content (AvgIpc) is 2.60. The lowest BCUT2D eigenvalue weighted by Crippen LogP contribution is -2.41. The van der Waals surface area contributed by atoms with Crippen LogP contribution >= 0.6 is 0 Å². The van der Waals surface area contributed by atoms with Crippen molar-refractivity contribution in [3.8, 4) is 0 Å². The fourth-order valence-electron chi connectivity index (χ4n) is 3.42. The Kier molecular flexibility index (Phi) is 5.95. The van der Waals surface area contributed by atoms with Crippen LogP contribution in [0.5, 0.6) is 0 Å². The van der Waals surface area contributed by atoms with Gasteiger partial charge in [0.1, 0.15) is 18.2 Å². The van der Waals surface area contributed by atoms with Crippen molar-refractivity contribution in [2.45, 2.75) is 39.5 Å². The van der Waals surface area contributed by atoms with Crippen LogP contribution in [0.3, 0.4) is 0 Å². The van der Waals surface area contributed by atoms with Gasteiger partial charge in [-0.3, -0.25) is 4.79 Å². The molecule has 1 amide bonds. The van der Waals surface area contributed by atoms with E-state index in [-0.39, 0.29) is 18.4 Å². The fraction of sp³-hybridized carbons (Fsp3) is 0.526. The molecule has 1 atom stereocenters. The predicted octanol–water partition coefficient (Wildman–Crippen LogP) is 2.29. The number of carbonyl (C=O) groups is 1. The summed E-state index contributed by atoms with van der Waals surface area (Å²) in [6.45, 7) is 7.27. The van der Waals surface area contributed by atoms with Crippen LogP contribution in [0.1, 0.15) is 41.7 Å². The number of aromatic nitrogens is 4. The second-order valence-corrected chi connectivity index (χ2v) is 6.94. The van der Waals surface area contributed by atoms with Gasteiger partial charge in [0.15, 0.2) is 0 Å². The molecule has 3 heterocycles. The number of methoxy groups -OCH3 is 1. The average molecular weight is 370 g/mol. The van der Waals surface area contributed by atoms with Crippen LogP contribution in [0, 0.1) is 20.8 Å².